The summed E-state index contributed by atoms with van der Waals surface area (Å²) >= 11 is 9.27. The van der Waals surface area contributed by atoms with Crippen LogP contribution in [0.15, 0.2) is 28.5 Å². The van der Waals surface area contributed by atoms with E-state index in [9.17, 15) is 0 Å². The number of aryl methyl sites for hydroxylation is 2. The minimum absolute atomic E-state index is 0.505. The molecule has 0 unspecified atom stereocenters. The molecule has 90 valence electrons. The normalized spacial score (nSPS) is 10.8. The molecule has 1 aromatic carbocycles. The van der Waals surface area contributed by atoms with Crippen LogP contribution in [-0.4, -0.2) is 4.98 Å². The Morgan fingerprint density at radius 3 is 2.88 bits per heavy atom. The Morgan fingerprint density at radius 1 is 1.35 bits per heavy atom. The highest BCUT2D eigenvalue weighted by atomic mass is 35.5. The van der Waals surface area contributed by atoms with E-state index in [0.717, 1.165) is 16.5 Å². The van der Waals surface area contributed by atoms with Gasteiger partial charge in [0.25, 0.3) is 0 Å². The average molecular weight is 284 g/mol. The number of rotatable bonds is 4. The fraction of sp³-hybridized carbons (Fsp3) is 0.308. The molecule has 0 amide bonds. The van der Waals surface area contributed by atoms with Gasteiger partial charge in [-0.15, -0.1) is 34.7 Å². The van der Waals surface area contributed by atoms with Crippen molar-refractivity contribution >= 4 is 34.7 Å². The first-order valence-electron chi connectivity index (χ1n) is 5.38. The van der Waals surface area contributed by atoms with Gasteiger partial charge in [-0.3, -0.25) is 0 Å². The van der Waals surface area contributed by atoms with Crippen molar-refractivity contribution in [1.82, 2.24) is 4.98 Å². The quantitative estimate of drug-likeness (QED) is 0.591. The van der Waals surface area contributed by atoms with Crippen LogP contribution < -0.4 is 0 Å². The summed E-state index contributed by atoms with van der Waals surface area (Å²) in [7, 11) is 0. The Bertz CT molecular complexity index is 508. The Morgan fingerprint density at radius 2 is 2.18 bits per heavy atom. The number of thioether (sulfide) groups is 1. The van der Waals surface area contributed by atoms with E-state index in [1.54, 1.807) is 11.3 Å². The highest BCUT2D eigenvalue weighted by Crippen LogP contribution is 2.28. The maximum atomic E-state index is 5.74. The monoisotopic (exact) mass is 283 g/mol. The van der Waals surface area contributed by atoms with Crippen LogP contribution >= 0.6 is 34.7 Å². The van der Waals surface area contributed by atoms with Crippen LogP contribution in [0.1, 0.15) is 21.8 Å². The molecule has 0 fully saturated rings. The molecule has 0 saturated heterocycles. The van der Waals surface area contributed by atoms with Crippen LogP contribution in [0.4, 0.5) is 0 Å². The Balaban J connectivity index is 2.04. The second kappa shape index (κ2) is 5.89. The van der Waals surface area contributed by atoms with Crippen molar-refractivity contribution < 1.29 is 0 Å². The zero-order valence-electron chi connectivity index (χ0n) is 9.87. The molecule has 0 spiro atoms. The van der Waals surface area contributed by atoms with Gasteiger partial charge in [-0.25, -0.2) is 4.98 Å². The van der Waals surface area contributed by atoms with Gasteiger partial charge in [-0.05, 0) is 25.5 Å². The van der Waals surface area contributed by atoms with Gasteiger partial charge in [0.1, 0.15) is 5.01 Å². The maximum absolute atomic E-state index is 5.74. The summed E-state index contributed by atoms with van der Waals surface area (Å²) in [6.45, 7) is 4.27. The van der Waals surface area contributed by atoms with E-state index >= 15 is 0 Å². The van der Waals surface area contributed by atoms with E-state index in [0.29, 0.717) is 5.88 Å². The van der Waals surface area contributed by atoms with E-state index in [1.807, 2.05) is 17.1 Å². The lowest BCUT2D eigenvalue weighted by Crippen LogP contribution is -1.85. The number of nitrogens with zero attached hydrogens (tertiary/aromatic N) is 1. The predicted octanol–water partition coefficient (Wildman–Crippen LogP) is 4.79. The molecule has 1 heterocycles. The number of halogens is 1. The van der Waals surface area contributed by atoms with Crippen molar-refractivity contribution in [3.8, 4) is 0 Å². The van der Waals surface area contributed by atoms with E-state index in [1.165, 1.54) is 16.0 Å². The Labute approximate surface area is 115 Å². The van der Waals surface area contributed by atoms with Crippen molar-refractivity contribution in [3.63, 3.8) is 0 Å². The number of aromatic nitrogens is 1. The molecule has 4 heteroatoms. The standard InChI is InChI=1S/C13H14ClNS2/c1-9-3-4-10(2)12(5-9)16-8-13-15-11(6-14)7-17-13/h3-5,7H,6,8H2,1-2H3. The third-order valence-electron chi connectivity index (χ3n) is 2.43. The van der Waals surface area contributed by atoms with Gasteiger partial charge in [0.2, 0.25) is 0 Å². The second-order valence-electron chi connectivity index (χ2n) is 3.92. The molecule has 17 heavy (non-hydrogen) atoms. The molecule has 1 nitrogen and oxygen atoms in total. The zero-order chi connectivity index (χ0) is 12.3. The fourth-order valence-electron chi connectivity index (χ4n) is 1.48. The van der Waals surface area contributed by atoms with Crippen molar-refractivity contribution in [1.29, 1.82) is 0 Å². The lowest BCUT2D eigenvalue weighted by atomic mass is 10.2. The minimum Gasteiger partial charge on any atom is -0.244 e. The molecule has 0 aliphatic rings. The van der Waals surface area contributed by atoms with Gasteiger partial charge >= 0.3 is 0 Å². The van der Waals surface area contributed by atoms with E-state index in [-0.39, 0.29) is 0 Å². The summed E-state index contributed by atoms with van der Waals surface area (Å²) < 4.78 is 0. The van der Waals surface area contributed by atoms with Crippen LogP contribution in [0.3, 0.4) is 0 Å². The molecule has 0 N–H and O–H groups in total. The van der Waals surface area contributed by atoms with Crippen LogP contribution in [0.2, 0.25) is 0 Å². The third kappa shape index (κ3) is 3.47. The summed E-state index contributed by atoms with van der Waals surface area (Å²) in [5.74, 6) is 1.43. The minimum atomic E-state index is 0.505. The number of hydrogen-bond acceptors (Lipinski definition) is 3. The average Bonchev–Trinajstić information content (AvgIpc) is 2.78. The Kier molecular flexibility index (Phi) is 4.48. The van der Waals surface area contributed by atoms with Crippen molar-refractivity contribution in [2.24, 2.45) is 0 Å². The van der Waals surface area contributed by atoms with E-state index in [2.05, 4.69) is 37.0 Å². The van der Waals surface area contributed by atoms with Gasteiger partial charge in [0.15, 0.2) is 0 Å². The third-order valence-corrected chi connectivity index (χ3v) is 4.95. The van der Waals surface area contributed by atoms with Crippen LogP contribution in [0.25, 0.3) is 0 Å². The Hall–Kier alpha value is -0.510. The van der Waals surface area contributed by atoms with E-state index in [4.69, 9.17) is 11.6 Å². The molecule has 0 radical (unpaired) electrons. The maximum Gasteiger partial charge on any atom is 0.103 e. The first-order chi connectivity index (χ1) is 8.19. The van der Waals surface area contributed by atoms with Gasteiger partial charge in [-0.1, -0.05) is 17.7 Å². The molecule has 1 aromatic heterocycles. The second-order valence-corrected chi connectivity index (χ2v) is 6.15. The predicted molar refractivity (Wildman–Crippen MR) is 77.1 cm³/mol. The van der Waals surface area contributed by atoms with Crippen LogP contribution in [-0.2, 0) is 11.6 Å². The summed E-state index contributed by atoms with van der Waals surface area (Å²) in [5.41, 5.74) is 3.61. The van der Waals surface area contributed by atoms with Gasteiger partial charge in [-0.2, -0.15) is 0 Å². The van der Waals surface area contributed by atoms with Gasteiger partial charge in [0, 0.05) is 10.3 Å². The number of alkyl halides is 1. The number of thiazole rings is 1. The lowest BCUT2D eigenvalue weighted by Gasteiger charge is -2.05. The molecule has 0 aliphatic heterocycles. The number of hydrogen-bond donors (Lipinski definition) is 0. The lowest BCUT2D eigenvalue weighted by molar-refractivity contribution is 1.16. The number of benzene rings is 1. The SMILES string of the molecule is Cc1ccc(C)c(SCc2nc(CCl)cs2)c1. The zero-order valence-corrected chi connectivity index (χ0v) is 12.3. The smallest absolute Gasteiger partial charge is 0.103 e. The van der Waals surface area contributed by atoms with Gasteiger partial charge < -0.3 is 0 Å². The fourth-order valence-corrected chi connectivity index (χ4v) is 3.64. The first kappa shape index (κ1) is 12.9. The largest absolute Gasteiger partial charge is 0.244 e. The summed E-state index contributed by atoms with van der Waals surface area (Å²) in [5, 5.41) is 3.18. The topological polar surface area (TPSA) is 12.9 Å². The highest BCUT2D eigenvalue weighted by Gasteiger charge is 2.04. The first-order valence-corrected chi connectivity index (χ1v) is 7.78. The molecule has 0 atom stereocenters. The molecular formula is C13H14ClNS2. The van der Waals surface area contributed by atoms with Crippen LogP contribution in [0.5, 0.6) is 0 Å². The van der Waals surface area contributed by atoms with Crippen molar-refractivity contribution in [3.05, 3.63) is 45.4 Å². The van der Waals surface area contributed by atoms with Crippen LogP contribution in [0, 0.1) is 13.8 Å². The summed E-state index contributed by atoms with van der Waals surface area (Å²) in [4.78, 5) is 5.80. The summed E-state index contributed by atoms with van der Waals surface area (Å²) in [6, 6.07) is 6.55. The molecular weight excluding hydrogens is 270 g/mol. The molecule has 0 bridgehead atoms. The molecule has 2 aromatic rings. The highest BCUT2D eigenvalue weighted by molar-refractivity contribution is 7.98. The molecule has 2 rings (SSSR count). The molecule has 0 aliphatic carbocycles. The van der Waals surface area contributed by atoms with Crippen molar-refractivity contribution in [2.75, 3.05) is 0 Å². The van der Waals surface area contributed by atoms with Gasteiger partial charge in [0.05, 0.1) is 17.3 Å². The summed E-state index contributed by atoms with van der Waals surface area (Å²) in [6.07, 6.45) is 0. The van der Waals surface area contributed by atoms with Crippen molar-refractivity contribution in [2.45, 2.75) is 30.4 Å². The van der Waals surface area contributed by atoms with E-state index < -0.39 is 0 Å². The molecule has 0 saturated carbocycles.